The summed E-state index contributed by atoms with van der Waals surface area (Å²) in [6, 6.07) is 6.16. The second-order valence-corrected chi connectivity index (χ2v) is 2.74. The van der Waals surface area contributed by atoms with Gasteiger partial charge in [-0.1, -0.05) is 12.1 Å². The first-order chi connectivity index (χ1) is 5.29. The van der Waals surface area contributed by atoms with Crippen LogP contribution in [0.15, 0.2) is 24.4 Å². The number of hydrogen-bond donors (Lipinski definition) is 2. The molecule has 11 heavy (non-hydrogen) atoms. The number of anilines is 1. The number of fused-ring (bicyclic) bond motifs is 1. The third-order valence-electron chi connectivity index (χ3n) is 1.99. The van der Waals surface area contributed by atoms with Crippen LogP contribution in [0.3, 0.4) is 0 Å². The minimum absolute atomic E-state index is 0.746. The molecule has 1 aliphatic carbocycles. The van der Waals surface area contributed by atoms with Gasteiger partial charge in [0.15, 0.2) is 0 Å². The van der Waals surface area contributed by atoms with Crippen LogP contribution in [0.25, 0.3) is 11.1 Å². The highest BCUT2D eigenvalue weighted by Gasteiger charge is 2.07. The van der Waals surface area contributed by atoms with Crippen LogP contribution in [0, 0.1) is 6.92 Å². The summed E-state index contributed by atoms with van der Waals surface area (Å²) in [5.74, 6) is 0.746. The van der Waals surface area contributed by atoms with E-state index >= 15 is 0 Å². The lowest BCUT2D eigenvalue weighted by Crippen LogP contribution is -1.92. The number of H-pyrrole nitrogens is 1. The molecule has 0 aromatic heterocycles. The summed E-state index contributed by atoms with van der Waals surface area (Å²) in [5.41, 5.74) is 9.35. The van der Waals surface area contributed by atoms with Gasteiger partial charge in [0, 0.05) is 11.8 Å². The number of aryl methyl sites for hydroxylation is 1. The van der Waals surface area contributed by atoms with Crippen LogP contribution < -0.4 is 5.73 Å². The van der Waals surface area contributed by atoms with Crippen molar-refractivity contribution in [2.24, 2.45) is 0 Å². The van der Waals surface area contributed by atoms with Crippen LogP contribution in [0.1, 0.15) is 5.56 Å². The largest absolute Gasteiger partial charge is 0.385 e. The molecular weight excluding hydrogens is 136 g/mol. The van der Waals surface area contributed by atoms with Crippen LogP contribution in [0.4, 0.5) is 5.82 Å². The molecule has 0 aromatic rings. The molecule has 0 saturated heterocycles. The predicted octanol–water partition coefficient (Wildman–Crippen LogP) is 2.01. The number of aromatic nitrogens is 1. The van der Waals surface area contributed by atoms with E-state index in [4.69, 9.17) is 5.73 Å². The number of nitrogens with two attached hydrogens (primary N) is 1. The van der Waals surface area contributed by atoms with Crippen molar-refractivity contribution < 1.29 is 0 Å². The summed E-state index contributed by atoms with van der Waals surface area (Å²) in [7, 11) is 0. The Morgan fingerprint density at radius 1 is 1.18 bits per heavy atom. The summed E-state index contributed by atoms with van der Waals surface area (Å²) < 4.78 is 0. The fourth-order valence-electron chi connectivity index (χ4n) is 1.35. The maximum atomic E-state index is 5.71. The van der Waals surface area contributed by atoms with Crippen molar-refractivity contribution in [3.8, 4) is 11.1 Å². The molecule has 3 N–H and O–H groups in total. The molecule has 0 fully saturated rings. The first-order valence-electron chi connectivity index (χ1n) is 3.61. The van der Waals surface area contributed by atoms with Crippen LogP contribution >= 0.6 is 0 Å². The van der Waals surface area contributed by atoms with Gasteiger partial charge in [-0.2, -0.15) is 0 Å². The molecule has 0 atom stereocenters. The zero-order valence-electron chi connectivity index (χ0n) is 6.39. The SMILES string of the molecule is Cc1ccc2c(N)[nH]ccc1-2. The van der Waals surface area contributed by atoms with Crippen molar-refractivity contribution in [2.45, 2.75) is 6.92 Å². The van der Waals surface area contributed by atoms with Gasteiger partial charge in [0.2, 0.25) is 0 Å². The summed E-state index contributed by atoms with van der Waals surface area (Å²) in [6.07, 6.45) is 1.87. The number of nitrogen functional groups attached to an aromatic ring is 1. The number of rotatable bonds is 0. The van der Waals surface area contributed by atoms with Gasteiger partial charge in [-0.3, -0.25) is 0 Å². The predicted molar refractivity (Wildman–Crippen MR) is 46.6 cm³/mol. The lowest BCUT2D eigenvalue weighted by Gasteiger charge is -2.02. The Morgan fingerprint density at radius 3 is 2.73 bits per heavy atom. The van der Waals surface area contributed by atoms with Crippen molar-refractivity contribution in [2.75, 3.05) is 5.73 Å². The fraction of sp³-hybridized carbons (Fsp3) is 0.111. The molecule has 0 amide bonds. The summed E-state index contributed by atoms with van der Waals surface area (Å²) >= 11 is 0. The Bertz CT molecular complexity index is 349. The Morgan fingerprint density at radius 2 is 2.00 bits per heavy atom. The van der Waals surface area contributed by atoms with E-state index < -0.39 is 0 Å². The highest BCUT2D eigenvalue weighted by Crippen LogP contribution is 2.30. The number of nitrogens with one attached hydrogen (secondary N) is 1. The normalized spacial score (nSPS) is 10.6. The van der Waals surface area contributed by atoms with E-state index in [1.165, 1.54) is 11.1 Å². The molecule has 56 valence electrons. The average Bonchev–Trinajstić information content (AvgIpc) is 2.35. The molecule has 2 rings (SSSR count). The standard InChI is InChI=1S/C9H10N2/c1-6-2-3-8-7(6)4-5-11-9(8)10/h2-5,11H,10H2,1H3. The first kappa shape index (κ1) is 6.28. The van der Waals surface area contributed by atoms with Crippen molar-refractivity contribution >= 4 is 5.82 Å². The Labute approximate surface area is 65.4 Å². The smallest absolute Gasteiger partial charge is 0.108 e. The molecular formula is C9H10N2. The van der Waals surface area contributed by atoms with Crippen molar-refractivity contribution in [3.05, 3.63) is 30.0 Å². The van der Waals surface area contributed by atoms with E-state index in [2.05, 4.69) is 18.0 Å². The van der Waals surface area contributed by atoms with Crippen LogP contribution in [0.2, 0.25) is 0 Å². The van der Waals surface area contributed by atoms with Gasteiger partial charge in [-0.25, -0.2) is 0 Å². The van der Waals surface area contributed by atoms with Gasteiger partial charge in [0.05, 0.1) is 0 Å². The maximum absolute atomic E-state index is 5.71. The van der Waals surface area contributed by atoms with Gasteiger partial charge < -0.3 is 10.7 Å². The number of hydrogen-bond acceptors (Lipinski definition) is 1. The van der Waals surface area contributed by atoms with Gasteiger partial charge in [-0.15, -0.1) is 0 Å². The highest BCUT2D eigenvalue weighted by atomic mass is 14.8. The summed E-state index contributed by atoms with van der Waals surface area (Å²) in [4.78, 5) is 2.97. The van der Waals surface area contributed by atoms with Gasteiger partial charge in [0.1, 0.15) is 5.82 Å². The molecule has 0 aromatic carbocycles. The minimum atomic E-state index is 0.746. The van der Waals surface area contributed by atoms with E-state index in [1.54, 1.807) is 0 Å². The number of aromatic amines is 1. The molecule has 0 radical (unpaired) electrons. The summed E-state index contributed by atoms with van der Waals surface area (Å²) in [6.45, 7) is 2.09. The molecule has 0 bridgehead atoms. The highest BCUT2D eigenvalue weighted by molar-refractivity contribution is 5.78. The van der Waals surface area contributed by atoms with Crippen molar-refractivity contribution in [1.29, 1.82) is 0 Å². The molecule has 2 heteroatoms. The molecule has 0 unspecified atom stereocenters. The zero-order valence-corrected chi connectivity index (χ0v) is 6.39. The summed E-state index contributed by atoms with van der Waals surface area (Å²) in [5, 5.41) is 0. The minimum Gasteiger partial charge on any atom is -0.385 e. The molecule has 0 saturated carbocycles. The Kier molecular flexibility index (Phi) is 1.15. The van der Waals surface area contributed by atoms with E-state index in [0.717, 1.165) is 11.4 Å². The third-order valence-corrected chi connectivity index (χ3v) is 1.99. The molecule has 2 aliphatic rings. The quantitative estimate of drug-likeness (QED) is 0.586. The molecule has 2 nitrogen and oxygen atoms in total. The topological polar surface area (TPSA) is 41.8 Å². The monoisotopic (exact) mass is 146 g/mol. The van der Waals surface area contributed by atoms with Crippen LogP contribution in [-0.2, 0) is 0 Å². The van der Waals surface area contributed by atoms with Gasteiger partial charge in [0.25, 0.3) is 0 Å². The second-order valence-electron chi connectivity index (χ2n) is 2.74. The van der Waals surface area contributed by atoms with E-state index in [-0.39, 0.29) is 0 Å². The van der Waals surface area contributed by atoms with E-state index in [0.29, 0.717) is 0 Å². The lowest BCUT2D eigenvalue weighted by molar-refractivity contribution is 1.33. The van der Waals surface area contributed by atoms with Gasteiger partial charge in [-0.05, 0) is 24.1 Å². The molecule has 1 heterocycles. The fourth-order valence-corrected chi connectivity index (χ4v) is 1.35. The third kappa shape index (κ3) is 0.792. The average molecular weight is 146 g/mol. The molecule has 0 spiro atoms. The van der Waals surface area contributed by atoms with Crippen molar-refractivity contribution in [3.63, 3.8) is 0 Å². The first-order valence-corrected chi connectivity index (χ1v) is 3.61. The lowest BCUT2D eigenvalue weighted by atomic mass is 10.1. The van der Waals surface area contributed by atoms with E-state index in [9.17, 15) is 0 Å². The van der Waals surface area contributed by atoms with Crippen LogP contribution in [0.5, 0.6) is 0 Å². The van der Waals surface area contributed by atoms with Crippen LogP contribution in [-0.4, -0.2) is 4.98 Å². The number of pyridine rings is 1. The maximum Gasteiger partial charge on any atom is 0.108 e. The Balaban J connectivity index is 2.79. The molecule has 1 aliphatic heterocycles. The van der Waals surface area contributed by atoms with Crippen molar-refractivity contribution in [1.82, 2.24) is 4.98 Å². The Hall–Kier alpha value is -1.44. The zero-order chi connectivity index (χ0) is 7.84. The second kappa shape index (κ2) is 2.02. The van der Waals surface area contributed by atoms with Gasteiger partial charge >= 0.3 is 0 Å². The van der Waals surface area contributed by atoms with E-state index in [1.807, 2.05) is 18.3 Å².